The molecule has 1 aliphatic rings. The van der Waals surface area contributed by atoms with E-state index in [4.69, 9.17) is 4.74 Å². The molecular weight excluding hydrogens is 276 g/mol. The van der Waals surface area contributed by atoms with Crippen molar-refractivity contribution in [3.05, 3.63) is 11.1 Å². The van der Waals surface area contributed by atoms with Gasteiger partial charge < -0.3 is 10.1 Å². The number of hydrogen-bond donors (Lipinski definition) is 1. The first-order chi connectivity index (χ1) is 9.70. The Morgan fingerprint density at radius 1 is 1.55 bits per heavy atom. The second kappa shape index (κ2) is 7.68. The summed E-state index contributed by atoms with van der Waals surface area (Å²) in [5, 5.41) is 6.14. The number of methoxy groups -OCH3 is 1. The van der Waals surface area contributed by atoms with Gasteiger partial charge in [0.05, 0.1) is 18.8 Å². The van der Waals surface area contributed by atoms with Crippen LogP contribution in [-0.2, 0) is 16.1 Å². The van der Waals surface area contributed by atoms with Gasteiger partial charge in [0.2, 0.25) is 5.91 Å². The summed E-state index contributed by atoms with van der Waals surface area (Å²) >= 11 is 1.52. The molecule has 0 radical (unpaired) electrons. The number of hydrogen-bond acceptors (Lipinski definition) is 6. The van der Waals surface area contributed by atoms with Crippen LogP contribution in [0.15, 0.2) is 5.38 Å². The molecule has 1 saturated heterocycles. The Hall–Kier alpha value is -1.02. The summed E-state index contributed by atoms with van der Waals surface area (Å²) < 4.78 is 5.04. The van der Waals surface area contributed by atoms with Gasteiger partial charge in [0.1, 0.15) is 0 Å². The molecule has 0 aromatic carbocycles. The second-order valence-corrected chi connectivity index (χ2v) is 5.65. The molecule has 0 unspecified atom stereocenters. The maximum atomic E-state index is 11.7. The molecule has 2 heterocycles. The van der Waals surface area contributed by atoms with Gasteiger partial charge in [-0.1, -0.05) is 0 Å². The minimum atomic E-state index is 0.00474. The summed E-state index contributed by atoms with van der Waals surface area (Å²) in [4.78, 5) is 20.3. The van der Waals surface area contributed by atoms with E-state index in [0.717, 1.165) is 43.5 Å². The summed E-state index contributed by atoms with van der Waals surface area (Å²) in [5.74, 6) is 0.00474. The van der Waals surface area contributed by atoms with Crippen LogP contribution < -0.4 is 10.2 Å². The molecule has 6 nitrogen and oxygen atoms in total. The molecule has 112 valence electrons. The van der Waals surface area contributed by atoms with Crippen LogP contribution >= 0.6 is 11.3 Å². The van der Waals surface area contributed by atoms with Crippen molar-refractivity contribution in [1.29, 1.82) is 0 Å². The normalized spacial score (nSPS) is 16.3. The zero-order valence-corrected chi connectivity index (χ0v) is 12.9. The van der Waals surface area contributed by atoms with Crippen LogP contribution in [0.3, 0.4) is 0 Å². The molecule has 2 rings (SSSR count). The zero-order chi connectivity index (χ0) is 14.4. The lowest BCUT2D eigenvalue weighted by molar-refractivity contribution is -0.116. The molecule has 1 amide bonds. The largest absolute Gasteiger partial charge is 0.383 e. The highest BCUT2D eigenvalue weighted by Crippen LogP contribution is 2.21. The van der Waals surface area contributed by atoms with Crippen LogP contribution in [0.1, 0.15) is 12.6 Å². The number of amides is 1. The highest BCUT2D eigenvalue weighted by molar-refractivity contribution is 7.14. The topological polar surface area (TPSA) is 57.7 Å². The van der Waals surface area contributed by atoms with Crippen LogP contribution in [-0.4, -0.2) is 62.2 Å². The van der Waals surface area contributed by atoms with Gasteiger partial charge in [-0.05, 0) is 0 Å². The number of aromatic nitrogens is 1. The molecule has 1 fully saturated rings. The maximum Gasteiger partial charge on any atom is 0.225 e. The smallest absolute Gasteiger partial charge is 0.225 e. The van der Waals surface area contributed by atoms with Gasteiger partial charge in [-0.3, -0.25) is 14.6 Å². The van der Waals surface area contributed by atoms with Crippen molar-refractivity contribution in [2.45, 2.75) is 13.5 Å². The van der Waals surface area contributed by atoms with Gasteiger partial charge in [-0.25, -0.2) is 4.98 Å². The fraction of sp³-hybridized carbons (Fsp3) is 0.692. The number of carbonyl (C=O) groups excluding carboxylic acids is 1. The van der Waals surface area contributed by atoms with E-state index in [2.05, 4.69) is 15.2 Å². The predicted octanol–water partition coefficient (Wildman–Crippen LogP) is 0.548. The Balaban J connectivity index is 1.96. The van der Waals surface area contributed by atoms with E-state index < -0.39 is 0 Å². The Kier molecular flexibility index (Phi) is 5.90. The van der Waals surface area contributed by atoms with Crippen LogP contribution in [0, 0.1) is 0 Å². The number of nitrogens with zero attached hydrogens (tertiary/aromatic N) is 3. The first kappa shape index (κ1) is 15.4. The summed E-state index contributed by atoms with van der Waals surface area (Å²) in [7, 11) is 1.63. The second-order valence-electron chi connectivity index (χ2n) is 4.81. The Morgan fingerprint density at radius 3 is 2.95 bits per heavy atom. The summed E-state index contributed by atoms with van der Waals surface area (Å²) in [5.41, 5.74) is 1.04. The third kappa shape index (κ3) is 4.24. The molecule has 1 N–H and O–H groups in total. The van der Waals surface area contributed by atoms with Gasteiger partial charge in [0.15, 0.2) is 5.13 Å². The first-order valence-electron chi connectivity index (χ1n) is 6.85. The molecule has 0 atom stereocenters. The molecular formula is C13H22N4O2S. The quantitative estimate of drug-likeness (QED) is 0.831. The van der Waals surface area contributed by atoms with Crippen LogP contribution in [0.5, 0.6) is 0 Å². The van der Waals surface area contributed by atoms with Crippen molar-refractivity contribution in [2.75, 3.05) is 51.3 Å². The van der Waals surface area contributed by atoms with Crippen LogP contribution in [0.25, 0.3) is 0 Å². The summed E-state index contributed by atoms with van der Waals surface area (Å²) in [6.07, 6.45) is 0. The van der Waals surface area contributed by atoms with Crippen molar-refractivity contribution < 1.29 is 9.53 Å². The van der Waals surface area contributed by atoms with Gasteiger partial charge in [0, 0.05) is 52.1 Å². The van der Waals surface area contributed by atoms with Gasteiger partial charge in [0.25, 0.3) is 0 Å². The number of anilines is 1. The molecule has 0 aliphatic carbocycles. The van der Waals surface area contributed by atoms with Crippen molar-refractivity contribution in [3.63, 3.8) is 0 Å². The van der Waals surface area contributed by atoms with E-state index >= 15 is 0 Å². The van der Waals surface area contributed by atoms with Crippen molar-refractivity contribution in [3.8, 4) is 0 Å². The lowest BCUT2D eigenvalue weighted by Gasteiger charge is -2.26. The minimum Gasteiger partial charge on any atom is -0.383 e. The Bertz CT molecular complexity index is 432. The number of thiazole rings is 1. The maximum absolute atomic E-state index is 11.7. The number of nitrogens with one attached hydrogen (secondary N) is 1. The van der Waals surface area contributed by atoms with E-state index in [1.807, 2.05) is 5.38 Å². The van der Waals surface area contributed by atoms with Crippen molar-refractivity contribution in [2.24, 2.45) is 0 Å². The lowest BCUT2D eigenvalue weighted by Crippen LogP contribution is -2.42. The zero-order valence-electron chi connectivity index (χ0n) is 12.1. The molecule has 1 aliphatic heterocycles. The Morgan fingerprint density at radius 2 is 2.30 bits per heavy atom. The molecule has 20 heavy (non-hydrogen) atoms. The van der Waals surface area contributed by atoms with Crippen LogP contribution in [0.2, 0.25) is 0 Å². The minimum absolute atomic E-state index is 0.00474. The van der Waals surface area contributed by atoms with E-state index in [1.165, 1.54) is 11.3 Å². The van der Waals surface area contributed by atoms with Crippen LogP contribution in [0.4, 0.5) is 5.13 Å². The third-order valence-electron chi connectivity index (χ3n) is 3.26. The number of carbonyl (C=O) groups is 1. The third-order valence-corrected chi connectivity index (χ3v) is 4.18. The number of rotatable bonds is 6. The standard InChI is InChI=1S/C13H22N4O2S/c1-11(18)17(7-8-19-2)13-15-12(10-20-13)9-16-5-3-14-4-6-16/h10,14H,3-9H2,1-2H3. The first-order valence-corrected chi connectivity index (χ1v) is 7.73. The summed E-state index contributed by atoms with van der Waals surface area (Å²) in [6.45, 7) is 7.65. The average molecular weight is 298 g/mol. The van der Waals surface area contributed by atoms with Gasteiger partial charge in [-0.2, -0.15) is 0 Å². The van der Waals surface area contributed by atoms with E-state index in [1.54, 1.807) is 18.9 Å². The highest BCUT2D eigenvalue weighted by Gasteiger charge is 2.17. The van der Waals surface area contributed by atoms with Gasteiger partial charge in [-0.15, -0.1) is 11.3 Å². The van der Waals surface area contributed by atoms with Gasteiger partial charge >= 0.3 is 0 Å². The fourth-order valence-electron chi connectivity index (χ4n) is 2.16. The summed E-state index contributed by atoms with van der Waals surface area (Å²) in [6, 6.07) is 0. The molecule has 1 aromatic heterocycles. The monoisotopic (exact) mass is 298 g/mol. The Labute approximate surface area is 123 Å². The SMILES string of the molecule is COCCN(C(C)=O)c1nc(CN2CCNCC2)cs1. The van der Waals surface area contributed by atoms with E-state index in [0.29, 0.717) is 13.2 Å². The molecule has 7 heteroatoms. The molecule has 1 aromatic rings. The highest BCUT2D eigenvalue weighted by atomic mass is 32.1. The predicted molar refractivity (Wildman–Crippen MR) is 80.2 cm³/mol. The van der Waals surface area contributed by atoms with E-state index in [9.17, 15) is 4.79 Å². The molecule has 0 bridgehead atoms. The molecule has 0 saturated carbocycles. The lowest BCUT2D eigenvalue weighted by atomic mass is 10.3. The number of piperazine rings is 1. The van der Waals surface area contributed by atoms with E-state index in [-0.39, 0.29) is 5.91 Å². The molecule has 0 spiro atoms. The average Bonchev–Trinajstić information content (AvgIpc) is 2.88. The fourth-order valence-corrected chi connectivity index (χ4v) is 3.05. The number of ether oxygens (including phenoxy) is 1. The van der Waals surface area contributed by atoms with Crippen molar-refractivity contribution in [1.82, 2.24) is 15.2 Å². The van der Waals surface area contributed by atoms with Crippen molar-refractivity contribution >= 4 is 22.4 Å².